The van der Waals surface area contributed by atoms with Crippen molar-refractivity contribution in [3.63, 3.8) is 0 Å². The van der Waals surface area contributed by atoms with Crippen molar-refractivity contribution in [3.05, 3.63) is 59.7 Å². The van der Waals surface area contributed by atoms with Gasteiger partial charge in [0.25, 0.3) is 0 Å². The Morgan fingerprint density at radius 2 is 2.05 bits per heavy atom. The van der Waals surface area contributed by atoms with E-state index in [1.165, 1.54) is 5.56 Å². The van der Waals surface area contributed by atoms with E-state index >= 15 is 0 Å². The molecule has 0 saturated heterocycles. The summed E-state index contributed by atoms with van der Waals surface area (Å²) in [5.74, 6) is -0.716. The van der Waals surface area contributed by atoms with Gasteiger partial charge in [0.05, 0.1) is 5.92 Å². The Bertz CT molecular complexity index is 725. The fourth-order valence-corrected chi connectivity index (χ4v) is 2.74. The average Bonchev–Trinajstić information content (AvgIpc) is 2.54. The summed E-state index contributed by atoms with van der Waals surface area (Å²) in [6.07, 6.45) is 1.09. The van der Waals surface area contributed by atoms with Crippen LogP contribution in [-0.4, -0.2) is 11.8 Å². The van der Waals surface area contributed by atoms with Crippen LogP contribution in [0.1, 0.15) is 30.4 Å². The summed E-state index contributed by atoms with van der Waals surface area (Å²) in [5.41, 5.74) is 3.53. The van der Waals surface area contributed by atoms with Gasteiger partial charge in [-0.15, -0.1) is 0 Å². The highest BCUT2D eigenvalue weighted by Gasteiger charge is 2.30. The van der Waals surface area contributed by atoms with E-state index < -0.39 is 5.92 Å². The molecule has 22 heavy (non-hydrogen) atoms. The summed E-state index contributed by atoms with van der Waals surface area (Å²) in [4.78, 5) is 24.4. The number of anilines is 2. The average molecular weight is 294 g/mol. The molecule has 0 fully saturated rings. The molecule has 0 aromatic heterocycles. The van der Waals surface area contributed by atoms with Crippen LogP contribution in [0.2, 0.25) is 0 Å². The van der Waals surface area contributed by atoms with Gasteiger partial charge in [0, 0.05) is 17.8 Å². The second kappa shape index (κ2) is 6.02. The van der Waals surface area contributed by atoms with Crippen molar-refractivity contribution >= 4 is 23.2 Å². The minimum Gasteiger partial charge on any atom is -0.326 e. The maximum absolute atomic E-state index is 12.6. The van der Waals surface area contributed by atoms with E-state index in [1.807, 2.05) is 48.5 Å². The number of carbonyl (C=O) groups is 2. The molecule has 2 amide bonds. The molecule has 3 rings (SSSR count). The Kier molecular flexibility index (Phi) is 3.92. The predicted molar refractivity (Wildman–Crippen MR) is 86.9 cm³/mol. The number of para-hydroxylation sites is 1. The first-order valence-corrected chi connectivity index (χ1v) is 7.46. The number of benzene rings is 2. The standard InChI is InChI=1S/C18H18N2O2/c1-2-12-6-5-7-13(10-12)19-18(22)15-11-17(21)20-16-9-4-3-8-14(15)16/h3-10,15H,2,11H2,1H3,(H,19,22)(H,20,21). The van der Waals surface area contributed by atoms with Gasteiger partial charge in [0.15, 0.2) is 0 Å². The Hall–Kier alpha value is -2.62. The number of hydrogen-bond acceptors (Lipinski definition) is 2. The molecule has 1 unspecified atom stereocenters. The molecule has 2 N–H and O–H groups in total. The van der Waals surface area contributed by atoms with Crippen LogP contribution in [0.5, 0.6) is 0 Å². The maximum Gasteiger partial charge on any atom is 0.232 e. The molecule has 4 nitrogen and oxygen atoms in total. The fraction of sp³-hybridized carbons (Fsp3) is 0.222. The summed E-state index contributed by atoms with van der Waals surface area (Å²) in [7, 11) is 0. The first kappa shape index (κ1) is 14.3. The molecule has 1 aliphatic heterocycles. The summed E-state index contributed by atoms with van der Waals surface area (Å²) in [5, 5.41) is 5.74. The number of amides is 2. The third kappa shape index (κ3) is 2.86. The molecular weight excluding hydrogens is 276 g/mol. The molecule has 1 atom stereocenters. The zero-order valence-electron chi connectivity index (χ0n) is 12.4. The number of rotatable bonds is 3. The molecule has 0 bridgehead atoms. The number of aryl methyl sites for hydroxylation is 1. The van der Waals surface area contributed by atoms with Crippen molar-refractivity contribution in [3.8, 4) is 0 Å². The molecule has 0 saturated carbocycles. The highest BCUT2D eigenvalue weighted by molar-refractivity contribution is 6.05. The van der Waals surface area contributed by atoms with Crippen LogP contribution in [0.15, 0.2) is 48.5 Å². The first-order valence-electron chi connectivity index (χ1n) is 7.46. The van der Waals surface area contributed by atoms with Gasteiger partial charge >= 0.3 is 0 Å². The fourth-order valence-electron chi connectivity index (χ4n) is 2.74. The van der Waals surface area contributed by atoms with Crippen LogP contribution >= 0.6 is 0 Å². The van der Waals surface area contributed by atoms with Crippen LogP contribution in [0, 0.1) is 0 Å². The van der Waals surface area contributed by atoms with Gasteiger partial charge in [0.1, 0.15) is 0 Å². The number of fused-ring (bicyclic) bond motifs is 1. The van der Waals surface area contributed by atoms with E-state index in [9.17, 15) is 9.59 Å². The van der Waals surface area contributed by atoms with Gasteiger partial charge in [-0.2, -0.15) is 0 Å². The molecular formula is C18H18N2O2. The molecule has 0 radical (unpaired) electrons. The second-order valence-corrected chi connectivity index (χ2v) is 5.44. The Morgan fingerprint density at radius 3 is 2.86 bits per heavy atom. The summed E-state index contributed by atoms with van der Waals surface area (Å²) in [6, 6.07) is 15.2. The summed E-state index contributed by atoms with van der Waals surface area (Å²) >= 11 is 0. The zero-order valence-corrected chi connectivity index (χ0v) is 12.4. The van der Waals surface area contributed by atoms with Gasteiger partial charge < -0.3 is 10.6 Å². The predicted octanol–water partition coefficient (Wildman–Crippen LogP) is 3.31. The van der Waals surface area contributed by atoms with Crippen molar-refractivity contribution in [2.75, 3.05) is 10.6 Å². The second-order valence-electron chi connectivity index (χ2n) is 5.44. The molecule has 2 aromatic rings. The van der Waals surface area contributed by atoms with Gasteiger partial charge in [-0.1, -0.05) is 37.3 Å². The summed E-state index contributed by atoms with van der Waals surface area (Å²) in [6.45, 7) is 2.07. The van der Waals surface area contributed by atoms with Crippen LogP contribution in [0.4, 0.5) is 11.4 Å². The maximum atomic E-state index is 12.6. The lowest BCUT2D eigenvalue weighted by molar-refractivity contribution is -0.123. The third-order valence-electron chi connectivity index (χ3n) is 3.92. The lowest BCUT2D eigenvalue weighted by atomic mass is 9.90. The third-order valence-corrected chi connectivity index (χ3v) is 3.92. The van der Waals surface area contributed by atoms with Crippen LogP contribution in [0.25, 0.3) is 0 Å². The van der Waals surface area contributed by atoms with E-state index in [4.69, 9.17) is 0 Å². The van der Waals surface area contributed by atoms with E-state index in [1.54, 1.807) is 0 Å². The van der Waals surface area contributed by atoms with Gasteiger partial charge in [0.2, 0.25) is 11.8 Å². The SMILES string of the molecule is CCc1cccc(NC(=O)C2CC(=O)Nc3ccccc32)c1. The van der Waals surface area contributed by atoms with Gasteiger partial charge in [-0.05, 0) is 35.7 Å². The van der Waals surface area contributed by atoms with Crippen LogP contribution in [-0.2, 0) is 16.0 Å². The van der Waals surface area contributed by atoms with Crippen molar-refractivity contribution in [2.24, 2.45) is 0 Å². The lowest BCUT2D eigenvalue weighted by Crippen LogP contribution is -2.30. The zero-order chi connectivity index (χ0) is 15.5. The van der Waals surface area contributed by atoms with Crippen molar-refractivity contribution in [1.82, 2.24) is 0 Å². The Labute approximate surface area is 129 Å². The molecule has 112 valence electrons. The summed E-state index contributed by atoms with van der Waals surface area (Å²) < 4.78 is 0. The number of hydrogen-bond donors (Lipinski definition) is 2. The number of nitrogens with one attached hydrogen (secondary N) is 2. The molecule has 1 aliphatic rings. The van der Waals surface area contributed by atoms with E-state index in [-0.39, 0.29) is 18.2 Å². The van der Waals surface area contributed by atoms with E-state index in [2.05, 4.69) is 17.6 Å². The van der Waals surface area contributed by atoms with Crippen molar-refractivity contribution < 1.29 is 9.59 Å². The molecule has 1 heterocycles. The van der Waals surface area contributed by atoms with Crippen molar-refractivity contribution in [2.45, 2.75) is 25.7 Å². The highest BCUT2D eigenvalue weighted by Crippen LogP contribution is 2.32. The first-order chi connectivity index (χ1) is 10.7. The van der Waals surface area contributed by atoms with Gasteiger partial charge in [-0.25, -0.2) is 0 Å². The smallest absolute Gasteiger partial charge is 0.232 e. The molecule has 2 aromatic carbocycles. The minimum absolute atomic E-state index is 0.124. The Morgan fingerprint density at radius 1 is 1.23 bits per heavy atom. The van der Waals surface area contributed by atoms with E-state index in [0.717, 1.165) is 23.4 Å². The topological polar surface area (TPSA) is 58.2 Å². The van der Waals surface area contributed by atoms with E-state index in [0.29, 0.717) is 0 Å². The quantitative estimate of drug-likeness (QED) is 0.912. The Balaban J connectivity index is 1.84. The highest BCUT2D eigenvalue weighted by atomic mass is 16.2. The largest absolute Gasteiger partial charge is 0.326 e. The van der Waals surface area contributed by atoms with Crippen molar-refractivity contribution in [1.29, 1.82) is 0 Å². The van der Waals surface area contributed by atoms with Crippen LogP contribution in [0.3, 0.4) is 0 Å². The molecule has 0 spiro atoms. The molecule has 4 heteroatoms. The minimum atomic E-state index is -0.449. The monoisotopic (exact) mass is 294 g/mol. The lowest BCUT2D eigenvalue weighted by Gasteiger charge is -2.24. The van der Waals surface area contributed by atoms with Gasteiger partial charge in [-0.3, -0.25) is 9.59 Å². The van der Waals surface area contributed by atoms with Crippen LogP contribution < -0.4 is 10.6 Å². The number of carbonyl (C=O) groups excluding carboxylic acids is 2. The molecule has 0 aliphatic carbocycles. The normalized spacial score (nSPS) is 16.6.